The van der Waals surface area contributed by atoms with E-state index in [1.807, 2.05) is 69.3 Å². The molecule has 4 rings (SSSR count). The molecule has 0 saturated carbocycles. The second-order valence-electron chi connectivity index (χ2n) is 7.82. The number of benzene rings is 2. The Kier molecular flexibility index (Phi) is 6.44. The standard InChI is InChI=1S/C25H22ClN3O3S/c1-15-5-4-6-20(11-15)27-23(30)14-28-24(31)22(33-25(28)32)13-18-12-16(2)29(17(18)3)21-9-7-19(26)8-10-21/h4-13H,14H2,1-3H3,(H,27,30)/b22-13+. The second kappa shape index (κ2) is 9.29. The molecule has 1 fully saturated rings. The Morgan fingerprint density at radius 2 is 1.79 bits per heavy atom. The molecule has 2 heterocycles. The maximum Gasteiger partial charge on any atom is 0.294 e. The Balaban J connectivity index is 1.53. The number of halogens is 1. The van der Waals surface area contributed by atoms with Crippen molar-refractivity contribution in [3.05, 3.63) is 87.0 Å². The van der Waals surface area contributed by atoms with Crippen LogP contribution in [0.1, 0.15) is 22.5 Å². The zero-order valence-electron chi connectivity index (χ0n) is 18.4. The molecule has 2 aromatic carbocycles. The van der Waals surface area contributed by atoms with E-state index in [2.05, 4.69) is 9.88 Å². The van der Waals surface area contributed by atoms with Crippen LogP contribution in [0, 0.1) is 20.8 Å². The van der Waals surface area contributed by atoms with Crippen molar-refractivity contribution in [2.75, 3.05) is 11.9 Å². The van der Waals surface area contributed by atoms with Crippen molar-refractivity contribution < 1.29 is 14.4 Å². The third-order valence-electron chi connectivity index (χ3n) is 5.32. The van der Waals surface area contributed by atoms with Gasteiger partial charge in [0.2, 0.25) is 5.91 Å². The van der Waals surface area contributed by atoms with Crippen LogP contribution in [0.5, 0.6) is 0 Å². The summed E-state index contributed by atoms with van der Waals surface area (Å²) in [7, 11) is 0. The van der Waals surface area contributed by atoms with Gasteiger partial charge in [0.25, 0.3) is 11.1 Å². The highest BCUT2D eigenvalue weighted by Gasteiger charge is 2.36. The molecule has 1 saturated heterocycles. The highest BCUT2D eigenvalue weighted by Crippen LogP contribution is 2.33. The highest BCUT2D eigenvalue weighted by atomic mass is 35.5. The molecule has 0 aliphatic carbocycles. The van der Waals surface area contributed by atoms with Gasteiger partial charge in [0.15, 0.2) is 0 Å². The molecule has 1 aliphatic rings. The van der Waals surface area contributed by atoms with Gasteiger partial charge in [0.1, 0.15) is 6.54 Å². The average molecular weight is 480 g/mol. The first-order chi connectivity index (χ1) is 15.7. The van der Waals surface area contributed by atoms with E-state index in [0.717, 1.165) is 44.9 Å². The predicted molar refractivity (Wildman–Crippen MR) is 133 cm³/mol. The minimum Gasteiger partial charge on any atom is -0.325 e. The molecular formula is C25H22ClN3O3S. The smallest absolute Gasteiger partial charge is 0.294 e. The van der Waals surface area contributed by atoms with E-state index >= 15 is 0 Å². The molecule has 0 radical (unpaired) electrons. The third-order valence-corrected chi connectivity index (χ3v) is 6.48. The second-order valence-corrected chi connectivity index (χ2v) is 9.25. The number of rotatable bonds is 5. The van der Waals surface area contributed by atoms with Crippen LogP contribution in [0.2, 0.25) is 5.02 Å². The van der Waals surface area contributed by atoms with Crippen LogP contribution in [0.15, 0.2) is 59.5 Å². The van der Waals surface area contributed by atoms with Crippen LogP contribution in [0.4, 0.5) is 10.5 Å². The normalized spacial score (nSPS) is 14.9. The molecule has 6 nitrogen and oxygen atoms in total. The van der Waals surface area contributed by atoms with Gasteiger partial charge in [0, 0.05) is 27.8 Å². The number of thioether (sulfide) groups is 1. The fourth-order valence-electron chi connectivity index (χ4n) is 3.77. The molecule has 0 atom stereocenters. The van der Waals surface area contributed by atoms with Crippen molar-refractivity contribution in [1.29, 1.82) is 0 Å². The Labute approximate surface area is 201 Å². The predicted octanol–water partition coefficient (Wildman–Crippen LogP) is 5.73. The molecule has 1 aromatic heterocycles. The number of anilines is 1. The van der Waals surface area contributed by atoms with E-state index in [1.54, 1.807) is 12.1 Å². The zero-order chi connectivity index (χ0) is 23.7. The van der Waals surface area contributed by atoms with Gasteiger partial charge in [-0.25, -0.2) is 0 Å². The van der Waals surface area contributed by atoms with E-state index in [4.69, 9.17) is 11.6 Å². The monoisotopic (exact) mass is 479 g/mol. The SMILES string of the molecule is Cc1cccc(NC(=O)CN2C(=O)S/C(=C/c3cc(C)n(-c4ccc(Cl)cc4)c3C)C2=O)c1. The van der Waals surface area contributed by atoms with Gasteiger partial charge >= 0.3 is 0 Å². The van der Waals surface area contributed by atoms with E-state index in [1.165, 1.54) is 0 Å². The molecule has 8 heteroatoms. The third kappa shape index (κ3) is 4.89. The Hall–Kier alpha value is -3.29. The molecule has 1 aliphatic heterocycles. The van der Waals surface area contributed by atoms with Gasteiger partial charge in [-0.3, -0.25) is 19.3 Å². The lowest BCUT2D eigenvalue weighted by atomic mass is 10.2. The Morgan fingerprint density at radius 1 is 1.06 bits per heavy atom. The molecule has 168 valence electrons. The molecular weight excluding hydrogens is 458 g/mol. The molecule has 1 N–H and O–H groups in total. The molecule has 3 amide bonds. The first-order valence-electron chi connectivity index (χ1n) is 10.3. The van der Waals surface area contributed by atoms with E-state index < -0.39 is 17.1 Å². The fraction of sp³-hybridized carbons (Fsp3) is 0.160. The van der Waals surface area contributed by atoms with Gasteiger partial charge in [-0.1, -0.05) is 23.7 Å². The van der Waals surface area contributed by atoms with Crippen molar-refractivity contribution in [2.45, 2.75) is 20.8 Å². The van der Waals surface area contributed by atoms with Crippen molar-refractivity contribution in [3.63, 3.8) is 0 Å². The largest absolute Gasteiger partial charge is 0.325 e. The van der Waals surface area contributed by atoms with Gasteiger partial charge in [-0.15, -0.1) is 0 Å². The number of carbonyl (C=O) groups is 3. The van der Waals surface area contributed by atoms with Crippen LogP contribution in [-0.2, 0) is 9.59 Å². The number of amides is 3. The van der Waals surface area contributed by atoms with Crippen LogP contribution in [-0.4, -0.2) is 33.1 Å². The van der Waals surface area contributed by atoms with Crippen LogP contribution in [0.25, 0.3) is 11.8 Å². The zero-order valence-corrected chi connectivity index (χ0v) is 20.0. The summed E-state index contributed by atoms with van der Waals surface area (Å²) in [6.45, 7) is 5.51. The number of imide groups is 1. The number of nitrogens with one attached hydrogen (secondary N) is 1. The van der Waals surface area contributed by atoms with Crippen molar-refractivity contribution in [2.24, 2.45) is 0 Å². The summed E-state index contributed by atoms with van der Waals surface area (Å²) in [5.41, 5.74) is 5.32. The summed E-state index contributed by atoms with van der Waals surface area (Å²) >= 11 is 6.85. The number of carbonyl (C=O) groups excluding carboxylic acids is 3. The lowest BCUT2D eigenvalue weighted by molar-refractivity contribution is -0.127. The lowest BCUT2D eigenvalue weighted by Crippen LogP contribution is -2.36. The maximum atomic E-state index is 12.9. The fourth-order valence-corrected chi connectivity index (χ4v) is 4.72. The lowest BCUT2D eigenvalue weighted by Gasteiger charge is -2.12. The molecule has 0 bridgehead atoms. The number of nitrogens with zero attached hydrogens (tertiary/aromatic N) is 2. The summed E-state index contributed by atoms with van der Waals surface area (Å²) in [5.74, 6) is -0.897. The minimum absolute atomic E-state index is 0.291. The van der Waals surface area contributed by atoms with Crippen LogP contribution < -0.4 is 5.32 Å². The first kappa shape index (κ1) is 22.9. The number of hydrogen-bond acceptors (Lipinski definition) is 4. The summed E-state index contributed by atoms with van der Waals surface area (Å²) in [6, 6.07) is 16.8. The number of aryl methyl sites for hydroxylation is 2. The average Bonchev–Trinajstić information content (AvgIpc) is 3.18. The van der Waals surface area contributed by atoms with Gasteiger partial charge in [0.05, 0.1) is 4.91 Å². The molecule has 3 aromatic rings. The van der Waals surface area contributed by atoms with Crippen molar-refractivity contribution in [1.82, 2.24) is 9.47 Å². The first-order valence-corrected chi connectivity index (χ1v) is 11.5. The number of hydrogen-bond donors (Lipinski definition) is 1. The van der Waals surface area contributed by atoms with Crippen molar-refractivity contribution in [3.8, 4) is 5.69 Å². The van der Waals surface area contributed by atoms with Gasteiger partial charge in [-0.05, 0) is 92.2 Å². The summed E-state index contributed by atoms with van der Waals surface area (Å²) in [5, 5.41) is 2.92. The maximum absolute atomic E-state index is 12.9. The molecule has 0 spiro atoms. The molecule has 33 heavy (non-hydrogen) atoms. The Morgan fingerprint density at radius 3 is 2.48 bits per heavy atom. The van der Waals surface area contributed by atoms with Gasteiger partial charge in [-0.2, -0.15) is 0 Å². The summed E-state index contributed by atoms with van der Waals surface area (Å²) < 4.78 is 2.06. The van der Waals surface area contributed by atoms with Gasteiger partial charge < -0.3 is 9.88 Å². The van der Waals surface area contributed by atoms with Crippen LogP contribution in [0.3, 0.4) is 0 Å². The van der Waals surface area contributed by atoms with E-state index in [0.29, 0.717) is 15.6 Å². The highest BCUT2D eigenvalue weighted by molar-refractivity contribution is 8.18. The molecule has 0 unspecified atom stereocenters. The minimum atomic E-state index is -0.472. The van der Waals surface area contributed by atoms with Crippen molar-refractivity contribution >= 4 is 52.2 Å². The topological polar surface area (TPSA) is 71.4 Å². The quantitative estimate of drug-likeness (QED) is 0.474. The Bertz CT molecular complexity index is 1290. The van der Waals surface area contributed by atoms with E-state index in [9.17, 15) is 14.4 Å². The number of aromatic nitrogens is 1. The summed E-state index contributed by atoms with van der Waals surface area (Å²) in [6.07, 6.45) is 1.71. The van der Waals surface area contributed by atoms with E-state index in [-0.39, 0.29) is 6.54 Å². The van der Waals surface area contributed by atoms with Crippen LogP contribution >= 0.6 is 23.4 Å². The summed E-state index contributed by atoms with van der Waals surface area (Å²) in [4.78, 5) is 39.0.